The second-order valence-corrected chi connectivity index (χ2v) is 9.06. The summed E-state index contributed by atoms with van der Waals surface area (Å²) in [6.45, 7) is 6.93. The van der Waals surface area contributed by atoms with Crippen LogP contribution in [0.5, 0.6) is 0 Å². The van der Waals surface area contributed by atoms with Crippen LogP contribution in [0.25, 0.3) is 0 Å². The number of rotatable bonds is 4. The van der Waals surface area contributed by atoms with Gasteiger partial charge in [-0.3, -0.25) is 4.79 Å². The van der Waals surface area contributed by atoms with Gasteiger partial charge < -0.3 is 11.1 Å². The fourth-order valence-corrected chi connectivity index (χ4v) is 4.96. The molecule has 0 saturated carbocycles. The van der Waals surface area contributed by atoms with Crippen LogP contribution in [0.2, 0.25) is 5.02 Å². The van der Waals surface area contributed by atoms with E-state index in [0.29, 0.717) is 32.6 Å². The van der Waals surface area contributed by atoms with Gasteiger partial charge in [-0.2, -0.15) is 0 Å². The van der Waals surface area contributed by atoms with Crippen molar-refractivity contribution in [3.8, 4) is 0 Å². The Morgan fingerprint density at radius 1 is 1.44 bits per heavy atom. The Morgan fingerprint density at radius 2 is 2.20 bits per heavy atom. The van der Waals surface area contributed by atoms with E-state index in [4.69, 9.17) is 17.3 Å². The maximum absolute atomic E-state index is 12.8. The lowest BCUT2D eigenvalue weighted by atomic mass is 9.69. The Bertz CT molecular complexity index is 797. The number of carbonyl (C=O) groups excluding carboxylic acids is 1. The molecule has 1 heterocycles. The minimum atomic E-state index is -0.134. The van der Waals surface area contributed by atoms with Gasteiger partial charge in [0.15, 0.2) is 0 Å². The van der Waals surface area contributed by atoms with Crippen molar-refractivity contribution in [2.45, 2.75) is 46.5 Å². The van der Waals surface area contributed by atoms with E-state index in [0.717, 1.165) is 31.2 Å². The standard InChI is InChI=1S/C20H25ClN2OS/c1-4-20(2,3)12-8-9-15-16(10-12)25-18(22)17(15)19(24)23-14-7-5-6-13(21)11-14/h5-7,11-12H,4,8-10,22H2,1-3H3,(H,23,24). The molecule has 1 aromatic carbocycles. The summed E-state index contributed by atoms with van der Waals surface area (Å²) in [5.74, 6) is 0.511. The van der Waals surface area contributed by atoms with E-state index in [-0.39, 0.29) is 5.91 Å². The molecule has 1 amide bonds. The third-order valence-electron chi connectivity index (χ3n) is 5.62. The molecule has 1 unspecified atom stereocenters. The zero-order chi connectivity index (χ0) is 18.2. The highest BCUT2D eigenvalue weighted by Crippen LogP contribution is 2.44. The molecular formula is C20H25ClN2OS. The van der Waals surface area contributed by atoms with E-state index in [1.54, 1.807) is 23.5 Å². The lowest BCUT2D eigenvalue weighted by Gasteiger charge is -2.36. The van der Waals surface area contributed by atoms with Gasteiger partial charge in [0.25, 0.3) is 5.91 Å². The predicted molar refractivity (Wildman–Crippen MR) is 108 cm³/mol. The maximum Gasteiger partial charge on any atom is 0.258 e. The number of hydrogen-bond acceptors (Lipinski definition) is 3. The van der Waals surface area contributed by atoms with Crippen LogP contribution < -0.4 is 11.1 Å². The number of nitrogen functional groups attached to an aromatic ring is 1. The first-order chi connectivity index (χ1) is 11.8. The molecule has 1 aliphatic carbocycles. The molecule has 0 saturated heterocycles. The van der Waals surface area contributed by atoms with Crippen molar-refractivity contribution < 1.29 is 4.79 Å². The van der Waals surface area contributed by atoms with Crippen LogP contribution in [-0.2, 0) is 12.8 Å². The number of hydrogen-bond donors (Lipinski definition) is 2. The van der Waals surface area contributed by atoms with Crippen LogP contribution in [0.15, 0.2) is 24.3 Å². The molecule has 5 heteroatoms. The lowest BCUT2D eigenvalue weighted by Crippen LogP contribution is -2.29. The summed E-state index contributed by atoms with van der Waals surface area (Å²) in [4.78, 5) is 14.1. The number of fused-ring (bicyclic) bond motifs is 1. The molecule has 0 bridgehead atoms. The van der Waals surface area contributed by atoms with Crippen molar-refractivity contribution in [2.24, 2.45) is 11.3 Å². The average Bonchev–Trinajstić information content (AvgIpc) is 2.89. The molecule has 1 aromatic heterocycles. The van der Waals surface area contributed by atoms with E-state index in [1.165, 1.54) is 4.88 Å². The zero-order valence-corrected chi connectivity index (χ0v) is 16.6. The highest BCUT2D eigenvalue weighted by Gasteiger charge is 2.34. The SMILES string of the molecule is CCC(C)(C)C1CCc2c(sc(N)c2C(=O)Nc2cccc(Cl)c2)C1. The molecule has 1 atom stereocenters. The number of carbonyl (C=O) groups is 1. The van der Waals surface area contributed by atoms with Crippen molar-refractivity contribution in [1.82, 2.24) is 0 Å². The third kappa shape index (κ3) is 3.70. The van der Waals surface area contributed by atoms with Crippen LogP contribution in [0, 0.1) is 11.3 Å². The topological polar surface area (TPSA) is 55.1 Å². The fourth-order valence-electron chi connectivity index (χ4n) is 3.57. The molecular weight excluding hydrogens is 352 g/mol. The van der Waals surface area contributed by atoms with Gasteiger partial charge in [0, 0.05) is 15.6 Å². The Hall–Kier alpha value is -1.52. The number of anilines is 2. The normalized spacial score (nSPS) is 17.2. The van der Waals surface area contributed by atoms with Crippen LogP contribution in [0.4, 0.5) is 10.7 Å². The number of amides is 1. The molecule has 25 heavy (non-hydrogen) atoms. The number of benzene rings is 1. The van der Waals surface area contributed by atoms with E-state index in [9.17, 15) is 4.79 Å². The summed E-state index contributed by atoms with van der Waals surface area (Å²) >= 11 is 7.58. The van der Waals surface area contributed by atoms with Crippen molar-refractivity contribution in [1.29, 1.82) is 0 Å². The number of thiophene rings is 1. The smallest absolute Gasteiger partial charge is 0.258 e. The first-order valence-electron chi connectivity index (χ1n) is 8.78. The van der Waals surface area contributed by atoms with Gasteiger partial charge in [-0.25, -0.2) is 0 Å². The summed E-state index contributed by atoms with van der Waals surface area (Å²) in [6.07, 6.45) is 4.22. The van der Waals surface area contributed by atoms with Crippen molar-refractivity contribution in [3.63, 3.8) is 0 Å². The quantitative estimate of drug-likeness (QED) is 0.710. The fraction of sp³-hybridized carbons (Fsp3) is 0.450. The zero-order valence-electron chi connectivity index (χ0n) is 15.0. The lowest BCUT2D eigenvalue weighted by molar-refractivity contribution is 0.102. The molecule has 0 spiro atoms. The predicted octanol–water partition coefficient (Wildman–Crippen LogP) is 5.78. The summed E-state index contributed by atoms with van der Waals surface area (Å²) in [5, 5.41) is 4.16. The molecule has 3 N–H and O–H groups in total. The Morgan fingerprint density at radius 3 is 2.88 bits per heavy atom. The van der Waals surface area contributed by atoms with Gasteiger partial charge >= 0.3 is 0 Å². The van der Waals surface area contributed by atoms with Gasteiger partial charge in [0.2, 0.25) is 0 Å². The van der Waals surface area contributed by atoms with Gasteiger partial charge in [-0.05, 0) is 54.4 Å². The number of halogens is 1. The molecule has 0 aliphatic heterocycles. The number of nitrogens with two attached hydrogens (primary N) is 1. The summed E-state index contributed by atoms with van der Waals surface area (Å²) in [7, 11) is 0. The van der Waals surface area contributed by atoms with Crippen LogP contribution >= 0.6 is 22.9 Å². The minimum Gasteiger partial charge on any atom is -0.390 e. The monoisotopic (exact) mass is 376 g/mol. The number of nitrogens with one attached hydrogen (secondary N) is 1. The largest absolute Gasteiger partial charge is 0.390 e. The van der Waals surface area contributed by atoms with E-state index < -0.39 is 0 Å². The molecule has 134 valence electrons. The van der Waals surface area contributed by atoms with Crippen molar-refractivity contribution >= 4 is 39.5 Å². The van der Waals surface area contributed by atoms with Crippen LogP contribution in [-0.4, -0.2) is 5.91 Å². The van der Waals surface area contributed by atoms with E-state index in [2.05, 4.69) is 26.1 Å². The maximum atomic E-state index is 12.8. The van der Waals surface area contributed by atoms with Crippen LogP contribution in [0.3, 0.4) is 0 Å². The third-order valence-corrected chi connectivity index (χ3v) is 6.94. The second kappa shape index (κ2) is 7.00. The first kappa shape index (κ1) is 18.3. The molecule has 2 aromatic rings. The molecule has 1 aliphatic rings. The van der Waals surface area contributed by atoms with Crippen molar-refractivity contribution in [3.05, 3.63) is 45.3 Å². The Labute approximate surface area is 158 Å². The van der Waals surface area contributed by atoms with E-state index >= 15 is 0 Å². The molecule has 0 radical (unpaired) electrons. The summed E-state index contributed by atoms with van der Waals surface area (Å²) in [5.41, 5.74) is 9.04. The molecule has 3 nitrogen and oxygen atoms in total. The Kier molecular flexibility index (Phi) is 5.12. The van der Waals surface area contributed by atoms with Gasteiger partial charge in [-0.1, -0.05) is 44.9 Å². The van der Waals surface area contributed by atoms with Crippen LogP contribution in [0.1, 0.15) is 54.4 Å². The molecule has 0 fully saturated rings. The average molecular weight is 377 g/mol. The van der Waals surface area contributed by atoms with Crippen molar-refractivity contribution in [2.75, 3.05) is 11.1 Å². The highest BCUT2D eigenvalue weighted by atomic mass is 35.5. The molecule has 3 rings (SSSR count). The van der Waals surface area contributed by atoms with Gasteiger partial charge in [-0.15, -0.1) is 11.3 Å². The highest BCUT2D eigenvalue weighted by molar-refractivity contribution is 7.16. The summed E-state index contributed by atoms with van der Waals surface area (Å²) < 4.78 is 0. The second-order valence-electron chi connectivity index (χ2n) is 7.49. The first-order valence-corrected chi connectivity index (χ1v) is 9.98. The minimum absolute atomic E-state index is 0.134. The summed E-state index contributed by atoms with van der Waals surface area (Å²) in [6, 6.07) is 7.18. The Balaban J connectivity index is 1.84. The van der Waals surface area contributed by atoms with E-state index in [1.807, 2.05) is 12.1 Å². The van der Waals surface area contributed by atoms with Gasteiger partial charge in [0.1, 0.15) is 0 Å². The van der Waals surface area contributed by atoms with Gasteiger partial charge in [0.05, 0.1) is 10.6 Å².